The number of fused-ring (bicyclic) bond motifs is 4. The predicted molar refractivity (Wildman–Crippen MR) is 147 cm³/mol. The molecule has 0 unspecified atom stereocenters. The summed E-state index contributed by atoms with van der Waals surface area (Å²) >= 11 is 0. The van der Waals surface area contributed by atoms with Gasteiger partial charge in [0, 0.05) is 66.8 Å². The molecule has 2 atom stereocenters. The topological polar surface area (TPSA) is 87.0 Å². The molecular weight excluding hydrogens is 472 g/mol. The van der Waals surface area contributed by atoms with Crippen molar-refractivity contribution < 1.29 is 0 Å². The second kappa shape index (κ2) is 8.58. The Morgan fingerprint density at radius 3 is 2.74 bits per heavy atom. The van der Waals surface area contributed by atoms with E-state index < -0.39 is 0 Å². The Kier molecular flexibility index (Phi) is 4.89. The van der Waals surface area contributed by atoms with Crippen molar-refractivity contribution in [2.45, 2.75) is 25.0 Å². The standard InChI is InChI=1S/C30H26N8/c1-3-19(17-37-18-22-14-23(37)15-33-22)13-21(4-1)27-9-12-32-30-28(24-5-2-6-26-25(24)16-34-35-26)29(36-38(27)30)20-7-10-31-11-8-20/h1-13,16,22-23,33H,14-15,17-18H2,(H,34,35)/t22-,23-/m0/s1. The zero-order valence-electron chi connectivity index (χ0n) is 20.7. The molecule has 2 aliphatic rings. The highest BCUT2D eigenvalue weighted by atomic mass is 15.3. The van der Waals surface area contributed by atoms with Crippen molar-refractivity contribution in [2.75, 3.05) is 13.1 Å². The predicted octanol–water partition coefficient (Wildman–Crippen LogP) is 4.55. The second-order valence-corrected chi connectivity index (χ2v) is 10.3. The first-order chi connectivity index (χ1) is 18.8. The van der Waals surface area contributed by atoms with E-state index in [1.807, 2.05) is 41.2 Å². The maximum atomic E-state index is 5.17. The Labute approximate surface area is 219 Å². The van der Waals surface area contributed by atoms with Gasteiger partial charge in [-0.05, 0) is 47.9 Å². The van der Waals surface area contributed by atoms with Gasteiger partial charge in [0.2, 0.25) is 0 Å². The van der Waals surface area contributed by atoms with Crippen LogP contribution in [-0.4, -0.2) is 59.9 Å². The lowest BCUT2D eigenvalue weighted by Crippen LogP contribution is -2.42. The van der Waals surface area contributed by atoms with Gasteiger partial charge in [0.25, 0.3) is 0 Å². The van der Waals surface area contributed by atoms with Gasteiger partial charge in [0.1, 0.15) is 5.69 Å². The molecule has 0 amide bonds. The molecule has 0 radical (unpaired) electrons. The van der Waals surface area contributed by atoms with Crippen molar-refractivity contribution in [3.8, 4) is 33.6 Å². The van der Waals surface area contributed by atoms with Crippen molar-refractivity contribution in [3.63, 3.8) is 0 Å². The minimum Gasteiger partial charge on any atom is -0.311 e. The van der Waals surface area contributed by atoms with Gasteiger partial charge >= 0.3 is 0 Å². The van der Waals surface area contributed by atoms with E-state index in [0.29, 0.717) is 12.1 Å². The molecule has 2 aromatic carbocycles. The van der Waals surface area contributed by atoms with E-state index in [0.717, 1.165) is 69.8 Å². The number of benzene rings is 2. The fourth-order valence-electron chi connectivity index (χ4n) is 6.21. The molecule has 0 saturated carbocycles. The fraction of sp³-hybridized carbons (Fsp3) is 0.200. The van der Waals surface area contributed by atoms with Gasteiger partial charge in [0.15, 0.2) is 5.65 Å². The average Bonchev–Trinajstić information content (AvgIpc) is 3.76. The summed E-state index contributed by atoms with van der Waals surface area (Å²) in [6, 6.07) is 22.4. The van der Waals surface area contributed by atoms with Crippen LogP contribution < -0.4 is 5.32 Å². The van der Waals surface area contributed by atoms with Gasteiger partial charge in [-0.15, -0.1) is 0 Å². The Balaban J connectivity index is 1.29. The van der Waals surface area contributed by atoms with Crippen molar-refractivity contribution in [3.05, 3.63) is 91.0 Å². The van der Waals surface area contributed by atoms with E-state index in [4.69, 9.17) is 10.1 Å². The molecule has 6 aromatic rings. The number of nitrogens with zero attached hydrogens (tertiary/aromatic N) is 6. The minimum absolute atomic E-state index is 0.650. The molecule has 2 N–H and O–H groups in total. The monoisotopic (exact) mass is 498 g/mol. The molecule has 8 nitrogen and oxygen atoms in total. The third-order valence-electron chi connectivity index (χ3n) is 8.00. The molecule has 0 spiro atoms. The zero-order chi connectivity index (χ0) is 25.1. The van der Waals surface area contributed by atoms with E-state index in [2.05, 4.69) is 61.8 Å². The number of pyridine rings is 1. The summed E-state index contributed by atoms with van der Waals surface area (Å²) in [7, 11) is 0. The van der Waals surface area contributed by atoms with Gasteiger partial charge in [-0.25, -0.2) is 9.50 Å². The van der Waals surface area contributed by atoms with Crippen molar-refractivity contribution in [1.82, 2.24) is 40.0 Å². The van der Waals surface area contributed by atoms with Crippen LogP contribution in [0.4, 0.5) is 0 Å². The molecule has 8 heteroatoms. The number of aromatic amines is 1. The minimum atomic E-state index is 0.650. The normalized spacial score (nSPS) is 19.2. The van der Waals surface area contributed by atoms with Crippen LogP contribution in [0.2, 0.25) is 0 Å². The van der Waals surface area contributed by atoms with Crippen LogP contribution in [0, 0.1) is 0 Å². The molecule has 8 rings (SSSR count). The lowest BCUT2D eigenvalue weighted by molar-refractivity contribution is 0.218. The lowest BCUT2D eigenvalue weighted by Gasteiger charge is -2.27. The SMILES string of the molecule is c1cc(CN2C[C@@H]3C[C@H]2CN3)cc(-c2ccnc3c(-c4cccc5[nH]ncc45)c(-c4ccncc4)nn23)c1. The largest absolute Gasteiger partial charge is 0.311 e. The number of aromatic nitrogens is 6. The Morgan fingerprint density at radius 2 is 1.87 bits per heavy atom. The molecule has 2 aliphatic heterocycles. The summed E-state index contributed by atoms with van der Waals surface area (Å²) in [5, 5.41) is 17.2. The number of piperazine rings is 1. The van der Waals surface area contributed by atoms with Crippen molar-refractivity contribution in [2.24, 2.45) is 0 Å². The quantitative estimate of drug-likeness (QED) is 0.363. The van der Waals surface area contributed by atoms with Crippen LogP contribution >= 0.6 is 0 Å². The van der Waals surface area contributed by atoms with Gasteiger partial charge in [-0.1, -0.05) is 30.3 Å². The zero-order valence-corrected chi connectivity index (χ0v) is 20.7. The molecule has 186 valence electrons. The summed E-state index contributed by atoms with van der Waals surface area (Å²) in [5.41, 5.74) is 9.18. The van der Waals surface area contributed by atoms with Gasteiger partial charge in [-0.2, -0.15) is 10.2 Å². The summed E-state index contributed by atoms with van der Waals surface area (Å²) in [6.07, 6.45) is 8.64. The number of hydrogen-bond acceptors (Lipinski definition) is 6. The lowest BCUT2D eigenvalue weighted by atomic mass is 9.99. The average molecular weight is 499 g/mol. The third-order valence-corrected chi connectivity index (χ3v) is 8.00. The van der Waals surface area contributed by atoms with E-state index in [1.54, 1.807) is 12.4 Å². The Hall–Kier alpha value is -4.40. The van der Waals surface area contributed by atoms with Crippen LogP contribution in [-0.2, 0) is 6.54 Å². The first-order valence-electron chi connectivity index (χ1n) is 13.1. The Bertz CT molecular complexity index is 1790. The molecular formula is C30H26N8. The maximum absolute atomic E-state index is 5.17. The van der Waals surface area contributed by atoms with Crippen LogP contribution in [0.15, 0.2) is 85.5 Å². The maximum Gasteiger partial charge on any atom is 0.164 e. The number of likely N-dealkylation sites (tertiary alicyclic amines) is 1. The number of hydrogen-bond donors (Lipinski definition) is 2. The van der Waals surface area contributed by atoms with Gasteiger partial charge < -0.3 is 5.32 Å². The third kappa shape index (κ3) is 3.45. The molecule has 4 aromatic heterocycles. The first kappa shape index (κ1) is 21.7. The van der Waals surface area contributed by atoms with Crippen LogP contribution in [0.1, 0.15) is 12.0 Å². The van der Waals surface area contributed by atoms with E-state index >= 15 is 0 Å². The first-order valence-corrected chi connectivity index (χ1v) is 13.1. The fourth-order valence-corrected chi connectivity index (χ4v) is 6.21. The molecule has 2 fully saturated rings. The summed E-state index contributed by atoms with van der Waals surface area (Å²) in [5.74, 6) is 0. The number of rotatable bonds is 5. The van der Waals surface area contributed by atoms with Crippen LogP contribution in [0.3, 0.4) is 0 Å². The second-order valence-electron chi connectivity index (χ2n) is 10.3. The van der Waals surface area contributed by atoms with E-state index in [9.17, 15) is 0 Å². The highest BCUT2D eigenvalue weighted by Crippen LogP contribution is 2.39. The summed E-state index contributed by atoms with van der Waals surface area (Å²) in [6.45, 7) is 3.21. The highest BCUT2D eigenvalue weighted by Gasteiger charge is 2.37. The Morgan fingerprint density at radius 1 is 0.947 bits per heavy atom. The van der Waals surface area contributed by atoms with E-state index in [1.165, 1.54) is 12.0 Å². The van der Waals surface area contributed by atoms with Crippen molar-refractivity contribution >= 4 is 16.6 Å². The molecule has 6 heterocycles. The molecule has 38 heavy (non-hydrogen) atoms. The molecule has 2 saturated heterocycles. The smallest absolute Gasteiger partial charge is 0.164 e. The molecule has 2 bridgehead atoms. The number of H-pyrrole nitrogens is 1. The van der Waals surface area contributed by atoms with Gasteiger partial charge in [-0.3, -0.25) is 15.0 Å². The van der Waals surface area contributed by atoms with Crippen LogP contribution in [0.5, 0.6) is 0 Å². The number of nitrogens with one attached hydrogen (secondary N) is 2. The van der Waals surface area contributed by atoms with Gasteiger partial charge in [0.05, 0.1) is 23.0 Å². The summed E-state index contributed by atoms with van der Waals surface area (Å²) < 4.78 is 1.99. The highest BCUT2D eigenvalue weighted by molar-refractivity contribution is 6.02. The van der Waals surface area contributed by atoms with Crippen molar-refractivity contribution in [1.29, 1.82) is 0 Å². The molecule has 0 aliphatic carbocycles. The van der Waals surface area contributed by atoms with Crippen LogP contribution in [0.25, 0.3) is 50.2 Å². The van der Waals surface area contributed by atoms with E-state index in [-0.39, 0.29) is 0 Å². The summed E-state index contributed by atoms with van der Waals surface area (Å²) in [4.78, 5) is 11.7.